The Balaban J connectivity index is 1.66. The number of halogens is 3. The molecule has 26 heavy (non-hydrogen) atoms. The van der Waals surface area contributed by atoms with Gasteiger partial charge in [0.1, 0.15) is 11.3 Å². The zero-order valence-corrected chi connectivity index (χ0v) is 13.8. The third-order valence-corrected chi connectivity index (χ3v) is 3.47. The fourth-order valence-corrected chi connectivity index (χ4v) is 2.19. The van der Waals surface area contributed by atoms with Crippen molar-refractivity contribution in [3.63, 3.8) is 0 Å². The molecule has 0 saturated heterocycles. The quantitative estimate of drug-likeness (QED) is 0.592. The number of aromatic nitrogens is 2. The van der Waals surface area contributed by atoms with Crippen LogP contribution in [0.25, 0.3) is 11.4 Å². The van der Waals surface area contributed by atoms with Crippen LogP contribution in [-0.4, -0.2) is 22.7 Å². The molecule has 0 aliphatic heterocycles. The number of carbonyl (C=O) groups is 1. The van der Waals surface area contributed by atoms with Crippen molar-refractivity contribution >= 4 is 17.6 Å². The van der Waals surface area contributed by atoms with E-state index in [0.29, 0.717) is 16.4 Å². The molecule has 1 heterocycles. The van der Waals surface area contributed by atoms with Gasteiger partial charge in [0.15, 0.2) is 6.61 Å². The highest BCUT2D eigenvalue weighted by Crippen LogP contribution is 2.22. The minimum atomic E-state index is -3.05. The molecule has 6 nitrogen and oxygen atoms in total. The number of ether oxygens (including phenoxy) is 2. The summed E-state index contributed by atoms with van der Waals surface area (Å²) < 4.78 is 39.1. The first-order valence-electron chi connectivity index (χ1n) is 7.32. The molecule has 0 amide bonds. The van der Waals surface area contributed by atoms with E-state index in [-0.39, 0.29) is 23.8 Å². The first-order valence-corrected chi connectivity index (χ1v) is 7.70. The van der Waals surface area contributed by atoms with E-state index in [1.54, 1.807) is 24.3 Å². The summed E-state index contributed by atoms with van der Waals surface area (Å²) in [5, 5.41) is 4.35. The highest BCUT2D eigenvalue weighted by molar-refractivity contribution is 6.30. The van der Waals surface area contributed by atoms with Gasteiger partial charge in [0, 0.05) is 10.6 Å². The SMILES string of the molecule is O=C(OCc1nc(-c2ccc(Cl)cc2)no1)c1ccccc1OC(F)F. The molecule has 134 valence electrons. The summed E-state index contributed by atoms with van der Waals surface area (Å²) in [4.78, 5) is 16.2. The number of alkyl halides is 2. The van der Waals surface area contributed by atoms with Crippen LogP contribution in [0.5, 0.6) is 5.75 Å². The first kappa shape index (κ1) is 17.8. The number of nitrogens with zero attached hydrogens (tertiary/aromatic N) is 2. The molecule has 2 aromatic carbocycles. The average Bonchev–Trinajstić information content (AvgIpc) is 3.09. The van der Waals surface area contributed by atoms with Crippen LogP contribution in [0, 0.1) is 0 Å². The van der Waals surface area contributed by atoms with Crippen molar-refractivity contribution in [2.75, 3.05) is 0 Å². The fraction of sp³-hybridized carbons (Fsp3) is 0.118. The second-order valence-electron chi connectivity index (χ2n) is 4.97. The van der Waals surface area contributed by atoms with E-state index in [1.165, 1.54) is 24.3 Å². The van der Waals surface area contributed by atoms with Crippen LogP contribution >= 0.6 is 11.6 Å². The van der Waals surface area contributed by atoms with Gasteiger partial charge in [-0.2, -0.15) is 13.8 Å². The van der Waals surface area contributed by atoms with E-state index < -0.39 is 12.6 Å². The number of carbonyl (C=O) groups excluding carboxylic acids is 1. The largest absolute Gasteiger partial charge is 0.452 e. The summed E-state index contributed by atoms with van der Waals surface area (Å²) >= 11 is 5.81. The van der Waals surface area contributed by atoms with Gasteiger partial charge in [-0.05, 0) is 36.4 Å². The van der Waals surface area contributed by atoms with Gasteiger partial charge in [-0.25, -0.2) is 4.79 Å². The van der Waals surface area contributed by atoms with E-state index in [4.69, 9.17) is 20.9 Å². The molecule has 0 saturated carbocycles. The Morgan fingerprint density at radius 1 is 1.15 bits per heavy atom. The number of esters is 1. The Labute approximate surface area is 151 Å². The van der Waals surface area contributed by atoms with E-state index in [0.717, 1.165) is 0 Å². The molecule has 0 bridgehead atoms. The lowest BCUT2D eigenvalue weighted by atomic mass is 10.2. The second kappa shape index (κ2) is 7.92. The summed E-state index contributed by atoms with van der Waals surface area (Å²) in [6.07, 6.45) is 0. The average molecular weight is 381 g/mol. The second-order valence-corrected chi connectivity index (χ2v) is 5.41. The van der Waals surface area contributed by atoms with Gasteiger partial charge >= 0.3 is 12.6 Å². The van der Waals surface area contributed by atoms with Gasteiger partial charge in [0.05, 0.1) is 0 Å². The summed E-state index contributed by atoms with van der Waals surface area (Å²) in [5.74, 6) is -0.780. The molecular weight excluding hydrogens is 370 g/mol. The van der Waals surface area contributed by atoms with Crippen LogP contribution in [0.1, 0.15) is 16.2 Å². The van der Waals surface area contributed by atoms with Crippen molar-refractivity contribution in [1.82, 2.24) is 10.1 Å². The number of hydrogen-bond acceptors (Lipinski definition) is 6. The van der Waals surface area contributed by atoms with E-state index in [9.17, 15) is 13.6 Å². The third-order valence-electron chi connectivity index (χ3n) is 3.22. The third kappa shape index (κ3) is 4.34. The minimum absolute atomic E-state index is 0.0514. The zero-order chi connectivity index (χ0) is 18.5. The molecule has 0 fully saturated rings. The Bertz CT molecular complexity index is 900. The van der Waals surface area contributed by atoms with Gasteiger partial charge in [-0.1, -0.05) is 28.9 Å². The van der Waals surface area contributed by atoms with Gasteiger partial charge in [-0.15, -0.1) is 0 Å². The van der Waals surface area contributed by atoms with Crippen molar-refractivity contribution in [3.8, 4) is 17.1 Å². The molecule has 0 atom stereocenters. The van der Waals surface area contributed by atoms with Crippen LogP contribution in [-0.2, 0) is 11.3 Å². The highest BCUT2D eigenvalue weighted by atomic mass is 35.5. The molecule has 0 unspecified atom stereocenters. The molecule has 3 aromatic rings. The zero-order valence-electron chi connectivity index (χ0n) is 13.1. The molecule has 0 radical (unpaired) electrons. The normalized spacial score (nSPS) is 10.8. The summed E-state index contributed by atoms with van der Waals surface area (Å²) in [6.45, 7) is -3.37. The van der Waals surface area contributed by atoms with Gasteiger partial charge in [-0.3, -0.25) is 0 Å². The topological polar surface area (TPSA) is 74.5 Å². The number of rotatable bonds is 6. The Hall–Kier alpha value is -3.00. The van der Waals surface area contributed by atoms with E-state index in [1.807, 2.05) is 0 Å². The van der Waals surface area contributed by atoms with Crippen LogP contribution < -0.4 is 4.74 Å². The lowest BCUT2D eigenvalue weighted by Crippen LogP contribution is -2.10. The predicted octanol–water partition coefficient (Wildman–Crippen LogP) is 4.35. The number of para-hydroxylation sites is 1. The van der Waals surface area contributed by atoms with Crippen LogP contribution in [0.3, 0.4) is 0 Å². The summed E-state index contributed by atoms with van der Waals surface area (Å²) in [5.41, 5.74) is 0.539. The van der Waals surface area contributed by atoms with Crippen LogP contribution in [0.4, 0.5) is 8.78 Å². The van der Waals surface area contributed by atoms with Crippen molar-refractivity contribution < 1.29 is 27.6 Å². The summed E-state index contributed by atoms with van der Waals surface area (Å²) in [7, 11) is 0. The maximum absolute atomic E-state index is 12.4. The van der Waals surface area contributed by atoms with Gasteiger partial charge in [0.25, 0.3) is 5.89 Å². The number of hydrogen-bond donors (Lipinski definition) is 0. The molecule has 0 aliphatic carbocycles. The molecule has 0 N–H and O–H groups in total. The molecule has 3 rings (SSSR count). The van der Waals surface area contributed by atoms with Crippen LogP contribution in [0.2, 0.25) is 5.02 Å². The molecule has 9 heteroatoms. The monoisotopic (exact) mass is 380 g/mol. The van der Waals surface area contributed by atoms with Crippen molar-refractivity contribution in [2.45, 2.75) is 13.2 Å². The van der Waals surface area contributed by atoms with Gasteiger partial charge in [0.2, 0.25) is 5.82 Å². The smallest absolute Gasteiger partial charge is 0.387 e. The fourth-order valence-electron chi connectivity index (χ4n) is 2.07. The Morgan fingerprint density at radius 3 is 2.62 bits per heavy atom. The maximum atomic E-state index is 12.4. The first-order chi connectivity index (χ1) is 12.5. The van der Waals surface area contributed by atoms with E-state index >= 15 is 0 Å². The van der Waals surface area contributed by atoms with Crippen molar-refractivity contribution in [1.29, 1.82) is 0 Å². The lowest BCUT2D eigenvalue weighted by molar-refractivity contribution is -0.0505. The summed E-state index contributed by atoms with van der Waals surface area (Å²) in [6, 6.07) is 12.3. The molecular formula is C17H11ClF2N2O4. The number of benzene rings is 2. The maximum Gasteiger partial charge on any atom is 0.387 e. The molecule has 0 spiro atoms. The van der Waals surface area contributed by atoms with Crippen molar-refractivity contribution in [3.05, 3.63) is 65.0 Å². The lowest BCUT2D eigenvalue weighted by Gasteiger charge is -2.09. The van der Waals surface area contributed by atoms with Crippen LogP contribution in [0.15, 0.2) is 53.1 Å². The standard InChI is InChI=1S/C17H11ClF2N2O4/c18-11-7-5-10(6-8-11)15-21-14(26-22-15)9-24-16(23)12-3-1-2-4-13(12)25-17(19)20/h1-8,17H,9H2. The molecule has 0 aliphatic rings. The molecule has 1 aromatic heterocycles. The Morgan fingerprint density at radius 2 is 1.88 bits per heavy atom. The van der Waals surface area contributed by atoms with E-state index in [2.05, 4.69) is 14.9 Å². The minimum Gasteiger partial charge on any atom is -0.452 e. The predicted molar refractivity (Wildman–Crippen MR) is 86.9 cm³/mol. The van der Waals surface area contributed by atoms with Crippen molar-refractivity contribution in [2.24, 2.45) is 0 Å². The van der Waals surface area contributed by atoms with Gasteiger partial charge < -0.3 is 14.0 Å². The highest BCUT2D eigenvalue weighted by Gasteiger charge is 2.18. The Kier molecular flexibility index (Phi) is 5.43.